The summed E-state index contributed by atoms with van der Waals surface area (Å²) in [6.45, 7) is -0.282. The van der Waals surface area contributed by atoms with Gasteiger partial charge in [0.2, 0.25) is 0 Å². The first-order valence-electron chi connectivity index (χ1n) is 9.97. The molecule has 3 aromatic carbocycles. The summed E-state index contributed by atoms with van der Waals surface area (Å²) in [6, 6.07) is 15.4. The number of amides is 2. The first kappa shape index (κ1) is 26.0. The van der Waals surface area contributed by atoms with Crippen LogP contribution in [0.5, 0.6) is 11.5 Å². The standard InChI is InChI=1S/C24H18Cl3N3O5/c1-34-21-9-14(5-8-20(21)35-24(33)16-6-7-18(26)19(27)11-16)12-29-30-22(31)13-28-23(32)15-3-2-4-17(25)10-15/h2-12H,13H2,1H3,(H,28,32)(H,30,31)/b29-12-. The average molecular weight is 535 g/mol. The second-order valence-electron chi connectivity index (χ2n) is 6.91. The number of hydrazone groups is 1. The van der Waals surface area contributed by atoms with Gasteiger partial charge in [0.1, 0.15) is 0 Å². The van der Waals surface area contributed by atoms with E-state index >= 15 is 0 Å². The monoisotopic (exact) mass is 533 g/mol. The molecular formula is C24H18Cl3N3O5. The Morgan fingerprint density at radius 3 is 2.43 bits per heavy atom. The third-order valence-corrected chi connectivity index (χ3v) is 5.42. The minimum absolute atomic E-state index is 0.175. The smallest absolute Gasteiger partial charge is 0.343 e. The molecule has 0 atom stereocenters. The van der Waals surface area contributed by atoms with E-state index in [2.05, 4.69) is 15.8 Å². The topological polar surface area (TPSA) is 106 Å². The van der Waals surface area contributed by atoms with Crippen molar-refractivity contribution >= 4 is 58.8 Å². The second-order valence-corrected chi connectivity index (χ2v) is 8.17. The van der Waals surface area contributed by atoms with Crippen LogP contribution >= 0.6 is 34.8 Å². The fourth-order valence-electron chi connectivity index (χ4n) is 2.74. The van der Waals surface area contributed by atoms with Gasteiger partial charge in [0.15, 0.2) is 11.5 Å². The van der Waals surface area contributed by atoms with Gasteiger partial charge in [-0.25, -0.2) is 10.2 Å². The van der Waals surface area contributed by atoms with Crippen molar-refractivity contribution in [1.29, 1.82) is 0 Å². The number of carbonyl (C=O) groups excluding carboxylic acids is 3. The van der Waals surface area contributed by atoms with Crippen molar-refractivity contribution in [2.24, 2.45) is 5.10 Å². The number of hydrogen-bond donors (Lipinski definition) is 2. The zero-order valence-corrected chi connectivity index (χ0v) is 20.4. The van der Waals surface area contributed by atoms with Crippen molar-refractivity contribution in [3.63, 3.8) is 0 Å². The Morgan fingerprint density at radius 1 is 0.914 bits per heavy atom. The van der Waals surface area contributed by atoms with Crippen LogP contribution in [0.25, 0.3) is 0 Å². The molecule has 2 N–H and O–H groups in total. The maximum atomic E-state index is 12.4. The van der Waals surface area contributed by atoms with Gasteiger partial charge >= 0.3 is 5.97 Å². The Kier molecular flexibility index (Phi) is 9.08. The van der Waals surface area contributed by atoms with Crippen molar-refractivity contribution in [3.8, 4) is 11.5 Å². The molecular weight excluding hydrogens is 517 g/mol. The Hall–Kier alpha value is -3.59. The van der Waals surface area contributed by atoms with Gasteiger partial charge < -0.3 is 14.8 Å². The van der Waals surface area contributed by atoms with E-state index in [1.807, 2.05) is 0 Å². The van der Waals surface area contributed by atoms with Crippen LogP contribution in [0.15, 0.2) is 65.8 Å². The average Bonchev–Trinajstić information content (AvgIpc) is 2.84. The molecule has 3 aromatic rings. The van der Waals surface area contributed by atoms with E-state index in [1.165, 1.54) is 43.7 Å². The summed E-state index contributed by atoms with van der Waals surface area (Å²) < 4.78 is 10.7. The number of rotatable bonds is 8. The molecule has 8 nitrogen and oxygen atoms in total. The zero-order chi connectivity index (χ0) is 25.4. The number of ether oxygens (including phenoxy) is 2. The largest absolute Gasteiger partial charge is 0.493 e. The summed E-state index contributed by atoms with van der Waals surface area (Å²) >= 11 is 17.7. The number of methoxy groups -OCH3 is 1. The minimum Gasteiger partial charge on any atom is -0.493 e. The molecule has 0 aliphatic rings. The SMILES string of the molecule is COc1cc(/C=N\NC(=O)CNC(=O)c2cccc(Cl)c2)ccc1OC(=O)c1ccc(Cl)c(Cl)c1. The summed E-state index contributed by atoms with van der Waals surface area (Å²) in [5.74, 6) is -1.18. The quantitative estimate of drug-likeness (QED) is 0.188. The van der Waals surface area contributed by atoms with Crippen LogP contribution in [0.2, 0.25) is 15.1 Å². The van der Waals surface area contributed by atoms with Crippen molar-refractivity contribution in [3.05, 3.63) is 92.4 Å². The molecule has 0 aromatic heterocycles. The zero-order valence-electron chi connectivity index (χ0n) is 18.2. The fourth-order valence-corrected chi connectivity index (χ4v) is 3.23. The number of halogens is 3. The van der Waals surface area contributed by atoms with Crippen molar-refractivity contribution < 1.29 is 23.9 Å². The van der Waals surface area contributed by atoms with Gasteiger partial charge in [-0.3, -0.25) is 9.59 Å². The van der Waals surface area contributed by atoms with Crippen molar-refractivity contribution in [2.45, 2.75) is 0 Å². The Morgan fingerprint density at radius 2 is 1.71 bits per heavy atom. The van der Waals surface area contributed by atoms with Gasteiger partial charge in [-0.2, -0.15) is 5.10 Å². The van der Waals surface area contributed by atoms with Crippen LogP contribution in [-0.2, 0) is 4.79 Å². The number of esters is 1. The summed E-state index contributed by atoms with van der Waals surface area (Å²) in [5, 5.41) is 7.28. The highest BCUT2D eigenvalue weighted by atomic mass is 35.5. The molecule has 0 aliphatic heterocycles. The molecule has 0 aliphatic carbocycles. The van der Waals surface area contributed by atoms with Crippen LogP contribution in [0.4, 0.5) is 0 Å². The van der Waals surface area contributed by atoms with E-state index in [1.54, 1.807) is 30.3 Å². The van der Waals surface area contributed by atoms with Crippen LogP contribution in [0.3, 0.4) is 0 Å². The molecule has 0 saturated carbocycles. The highest BCUT2D eigenvalue weighted by molar-refractivity contribution is 6.42. The summed E-state index contributed by atoms with van der Waals surface area (Å²) in [4.78, 5) is 36.4. The van der Waals surface area contributed by atoms with Crippen molar-refractivity contribution in [2.75, 3.05) is 13.7 Å². The highest BCUT2D eigenvalue weighted by Gasteiger charge is 2.14. The van der Waals surface area contributed by atoms with Gasteiger partial charge in [0.05, 0.1) is 35.5 Å². The molecule has 2 amide bonds. The predicted molar refractivity (Wildman–Crippen MR) is 134 cm³/mol. The third-order valence-electron chi connectivity index (χ3n) is 4.44. The molecule has 0 fully saturated rings. The molecule has 0 spiro atoms. The Labute approximate surface area is 215 Å². The minimum atomic E-state index is -0.643. The van der Waals surface area contributed by atoms with Crippen LogP contribution in [0, 0.1) is 0 Å². The first-order valence-corrected chi connectivity index (χ1v) is 11.1. The number of nitrogens with one attached hydrogen (secondary N) is 2. The number of hydrogen-bond acceptors (Lipinski definition) is 6. The van der Waals surface area contributed by atoms with E-state index in [9.17, 15) is 14.4 Å². The van der Waals surface area contributed by atoms with Crippen LogP contribution < -0.4 is 20.2 Å². The normalized spacial score (nSPS) is 10.6. The molecule has 0 radical (unpaired) electrons. The van der Waals surface area contributed by atoms with Gasteiger partial charge in [-0.1, -0.05) is 40.9 Å². The molecule has 35 heavy (non-hydrogen) atoms. The maximum absolute atomic E-state index is 12.4. The number of benzene rings is 3. The number of nitrogens with zero attached hydrogens (tertiary/aromatic N) is 1. The molecule has 0 saturated heterocycles. The van der Waals surface area contributed by atoms with Gasteiger partial charge in [0.25, 0.3) is 11.8 Å². The van der Waals surface area contributed by atoms with Gasteiger partial charge in [-0.05, 0) is 60.2 Å². The lowest BCUT2D eigenvalue weighted by atomic mass is 10.2. The fraction of sp³-hybridized carbons (Fsp3) is 0.0833. The van der Waals surface area contributed by atoms with Gasteiger partial charge in [-0.15, -0.1) is 0 Å². The van der Waals surface area contributed by atoms with E-state index in [0.717, 1.165) is 0 Å². The molecule has 11 heteroatoms. The van der Waals surface area contributed by atoms with Gasteiger partial charge in [0, 0.05) is 10.6 Å². The predicted octanol–water partition coefficient (Wildman–Crippen LogP) is 4.75. The van der Waals surface area contributed by atoms with E-state index in [0.29, 0.717) is 21.2 Å². The molecule has 0 unspecified atom stereocenters. The highest BCUT2D eigenvalue weighted by Crippen LogP contribution is 2.29. The summed E-state index contributed by atoms with van der Waals surface area (Å²) in [5.41, 5.74) is 3.41. The molecule has 180 valence electrons. The first-order chi connectivity index (χ1) is 16.8. The molecule has 3 rings (SSSR count). The lowest BCUT2D eigenvalue weighted by molar-refractivity contribution is -0.120. The summed E-state index contributed by atoms with van der Waals surface area (Å²) in [7, 11) is 1.41. The second kappa shape index (κ2) is 12.2. The molecule has 0 heterocycles. The lowest BCUT2D eigenvalue weighted by Crippen LogP contribution is -2.34. The van der Waals surface area contributed by atoms with Crippen LogP contribution in [-0.4, -0.2) is 37.7 Å². The summed E-state index contributed by atoms with van der Waals surface area (Å²) in [6.07, 6.45) is 1.36. The van der Waals surface area contributed by atoms with E-state index in [-0.39, 0.29) is 28.6 Å². The van der Waals surface area contributed by atoms with Crippen molar-refractivity contribution in [1.82, 2.24) is 10.7 Å². The lowest BCUT2D eigenvalue weighted by Gasteiger charge is -2.10. The van der Waals surface area contributed by atoms with E-state index < -0.39 is 17.8 Å². The van der Waals surface area contributed by atoms with Crippen LogP contribution in [0.1, 0.15) is 26.3 Å². The molecule has 0 bridgehead atoms. The Balaban J connectivity index is 1.55. The number of carbonyl (C=O) groups is 3. The van der Waals surface area contributed by atoms with E-state index in [4.69, 9.17) is 44.3 Å². The maximum Gasteiger partial charge on any atom is 0.343 e. The third kappa shape index (κ3) is 7.45. The Bertz CT molecular complexity index is 1300.